The van der Waals surface area contributed by atoms with Crippen LogP contribution in [0.2, 0.25) is 0 Å². The van der Waals surface area contributed by atoms with E-state index in [1.165, 1.54) is 36.4 Å². The van der Waals surface area contributed by atoms with Crippen LogP contribution in [0.1, 0.15) is 0 Å². The van der Waals surface area contributed by atoms with Gasteiger partial charge in [0.1, 0.15) is 26.4 Å². The van der Waals surface area contributed by atoms with Crippen molar-refractivity contribution in [1.82, 2.24) is 0 Å². The summed E-state index contributed by atoms with van der Waals surface area (Å²) in [6, 6.07) is 8.18. The van der Waals surface area contributed by atoms with Gasteiger partial charge in [-0.05, 0) is 12.1 Å². The SMILES string of the molecule is O=[N+]([O-])c1ccc2c(c1)OCCOCCOc1cc([N+](=O)[O-])ccc1OCCOCCO2. The number of nitro groups is 2. The first-order valence-corrected chi connectivity index (χ1v) is 9.78. The molecule has 0 saturated heterocycles. The third-order valence-electron chi connectivity index (χ3n) is 4.22. The van der Waals surface area contributed by atoms with Gasteiger partial charge in [-0.25, -0.2) is 0 Å². The van der Waals surface area contributed by atoms with E-state index in [1.54, 1.807) is 0 Å². The Morgan fingerprint density at radius 3 is 1.22 bits per heavy atom. The second-order valence-corrected chi connectivity index (χ2v) is 6.39. The Kier molecular flexibility index (Phi) is 8.40. The molecule has 0 unspecified atom stereocenters. The summed E-state index contributed by atoms with van der Waals surface area (Å²) in [6.07, 6.45) is 0. The van der Waals surface area contributed by atoms with Crippen LogP contribution in [0.5, 0.6) is 23.0 Å². The van der Waals surface area contributed by atoms with Gasteiger partial charge in [-0.1, -0.05) is 0 Å². The normalized spacial score (nSPS) is 15.8. The molecule has 2 aromatic rings. The average Bonchev–Trinajstić information content (AvgIpc) is 2.78. The fourth-order valence-electron chi connectivity index (χ4n) is 2.73. The molecule has 0 bridgehead atoms. The third kappa shape index (κ3) is 6.68. The van der Waals surface area contributed by atoms with Crippen molar-refractivity contribution in [2.24, 2.45) is 0 Å². The zero-order chi connectivity index (χ0) is 22.8. The van der Waals surface area contributed by atoms with Crippen molar-refractivity contribution in [2.45, 2.75) is 0 Å². The van der Waals surface area contributed by atoms with Gasteiger partial charge < -0.3 is 28.4 Å². The van der Waals surface area contributed by atoms with Crippen molar-refractivity contribution in [3.63, 3.8) is 0 Å². The first-order valence-electron chi connectivity index (χ1n) is 9.78. The van der Waals surface area contributed by atoms with Gasteiger partial charge in [-0.15, -0.1) is 0 Å². The maximum Gasteiger partial charge on any atom is 0.273 e. The van der Waals surface area contributed by atoms with Crippen LogP contribution in [0.25, 0.3) is 0 Å². The van der Waals surface area contributed by atoms with E-state index in [0.717, 1.165) is 0 Å². The van der Waals surface area contributed by atoms with Crippen molar-refractivity contribution in [1.29, 1.82) is 0 Å². The van der Waals surface area contributed by atoms with Crippen LogP contribution in [0, 0.1) is 20.2 Å². The maximum atomic E-state index is 11.0. The molecule has 12 nitrogen and oxygen atoms in total. The Morgan fingerprint density at radius 1 is 0.531 bits per heavy atom. The molecule has 1 aliphatic heterocycles. The van der Waals surface area contributed by atoms with Crippen LogP contribution < -0.4 is 18.9 Å². The molecule has 3 rings (SSSR count). The van der Waals surface area contributed by atoms with Crippen molar-refractivity contribution < 1.29 is 38.3 Å². The quantitative estimate of drug-likeness (QED) is 0.495. The molecule has 0 saturated carbocycles. The number of nitro benzene ring substituents is 2. The number of hydrogen-bond acceptors (Lipinski definition) is 10. The minimum Gasteiger partial charge on any atom is -0.487 e. The molecule has 2 aromatic carbocycles. The smallest absolute Gasteiger partial charge is 0.273 e. The van der Waals surface area contributed by atoms with E-state index < -0.39 is 9.85 Å². The molecule has 0 amide bonds. The molecule has 0 fully saturated rings. The summed E-state index contributed by atoms with van der Waals surface area (Å²) >= 11 is 0. The van der Waals surface area contributed by atoms with E-state index >= 15 is 0 Å². The Balaban J connectivity index is 1.64. The minimum atomic E-state index is -0.520. The minimum absolute atomic E-state index is 0.120. The zero-order valence-corrected chi connectivity index (χ0v) is 17.1. The van der Waals surface area contributed by atoms with E-state index in [2.05, 4.69) is 0 Å². The van der Waals surface area contributed by atoms with E-state index in [0.29, 0.717) is 11.5 Å². The molecule has 0 radical (unpaired) electrons. The number of nitrogens with zero attached hydrogens (tertiary/aromatic N) is 2. The van der Waals surface area contributed by atoms with Crippen LogP contribution in [0.3, 0.4) is 0 Å². The van der Waals surface area contributed by atoms with Crippen molar-refractivity contribution in [2.75, 3.05) is 52.9 Å². The molecule has 12 heteroatoms. The summed E-state index contributed by atoms with van der Waals surface area (Å²) < 4.78 is 33.3. The van der Waals surface area contributed by atoms with Crippen LogP contribution in [0.15, 0.2) is 36.4 Å². The lowest BCUT2D eigenvalue weighted by molar-refractivity contribution is -0.385. The first-order chi connectivity index (χ1) is 15.5. The van der Waals surface area contributed by atoms with E-state index in [4.69, 9.17) is 28.4 Å². The second-order valence-electron chi connectivity index (χ2n) is 6.39. The molecule has 32 heavy (non-hydrogen) atoms. The third-order valence-corrected chi connectivity index (χ3v) is 4.22. The molecule has 1 heterocycles. The molecule has 0 atom stereocenters. The largest absolute Gasteiger partial charge is 0.487 e. The van der Waals surface area contributed by atoms with Crippen molar-refractivity contribution >= 4 is 11.4 Å². The van der Waals surface area contributed by atoms with Gasteiger partial charge in [0.15, 0.2) is 23.0 Å². The Bertz CT molecular complexity index is 863. The Hall–Kier alpha value is -3.64. The van der Waals surface area contributed by atoms with Gasteiger partial charge in [0.05, 0.1) is 48.4 Å². The summed E-state index contributed by atoms with van der Waals surface area (Å²) in [5.41, 5.74) is -0.241. The highest BCUT2D eigenvalue weighted by Crippen LogP contribution is 2.32. The number of rotatable bonds is 2. The topological polar surface area (TPSA) is 142 Å². The second kappa shape index (κ2) is 11.7. The van der Waals surface area contributed by atoms with Gasteiger partial charge in [0.25, 0.3) is 11.4 Å². The number of fused-ring (bicyclic) bond motifs is 2. The van der Waals surface area contributed by atoms with Gasteiger partial charge in [-0.2, -0.15) is 0 Å². The van der Waals surface area contributed by atoms with Crippen LogP contribution >= 0.6 is 0 Å². The lowest BCUT2D eigenvalue weighted by Gasteiger charge is -2.15. The van der Waals surface area contributed by atoms with Crippen molar-refractivity contribution in [3.05, 3.63) is 56.6 Å². The summed E-state index contributed by atoms with van der Waals surface area (Å²) in [4.78, 5) is 21.0. The van der Waals surface area contributed by atoms with Gasteiger partial charge in [0.2, 0.25) is 0 Å². The Morgan fingerprint density at radius 2 is 0.875 bits per heavy atom. The fourth-order valence-corrected chi connectivity index (χ4v) is 2.73. The lowest BCUT2D eigenvalue weighted by Crippen LogP contribution is -2.15. The lowest BCUT2D eigenvalue weighted by atomic mass is 10.3. The molecule has 0 aromatic heterocycles. The van der Waals surface area contributed by atoms with E-state index in [9.17, 15) is 20.2 Å². The molecule has 0 aliphatic carbocycles. The molecule has 0 spiro atoms. The number of ether oxygens (including phenoxy) is 6. The zero-order valence-electron chi connectivity index (χ0n) is 17.1. The highest BCUT2D eigenvalue weighted by atomic mass is 16.6. The fraction of sp³-hybridized carbons (Fsp3) is 0.400. The summed E-state index contributed by atoms with van der Waals surface area (Å²) in [6.45, 7) is 1.49. The Labute approximate surface area is 182 Å². The highest BCUT2D eigenvalue weighted by Gasteiger charge is 2.15. The first kappa shape index (κ1) is 23.0. The average molecular weight is 450 g/mol. The number of hydrogen-bond donors (Lipinski definition) is 0. The van der Waals surface area contributed by atoms with E-state index in [1.807, 2.05) is 0 Å². The number of benzene rings is 2. The van der Waals surface area contributed by atoms with Crippen LogP contribution in [-0.4, -0.2) is 62.7 Å². The predicted octanol–water partition coefficient (Wildman–Crippen LogP) is 2.77. The molecular formula is C20H22N2O10. The maximum absolute atomic E-state index is 11.0. The molecular weight excluding hydrogens is 428 g/mol. The summed E-state index contributed by atoms with van der Waals surface area (Å²) in [7, 11) is 0. The highest BCUT2D eigenvalue weighted by molar-refractivity contribution is 5.49. The van der Waals surface area contributed by atoms with E-state index in [-0.39, 0.29) is 75.7 Å². The monoisotopic (exact) mass is 450 g/mol. The van der Waals surface area contributed by atoms with Crippen molar-refractivity contribution in [3.8, 4) is 23.0 Å². The number of non-ortho nitro benzene ring substituents is 2. The van der Waals surface area contributed by atoms with Gasteiger partial charge >= 0.3 is 0 Å². The standard InChI is InChI=1S/C20H22N2O10/c23-21(24)15-1-3-17-19(13-15)31-11-7-28-8-12-32-20-14-16(22(25)26)2-4-18(20)30-10-6-27-5-9-29-17/h1-4,13-14H,5-12H2. The predicted molar refractivity (Wildman–Crippen MR) is 110 cm³/mol. The van der Waals surface area contributed by atoms with Gasteiger partial charge in [-0.3, -0.25) is 20.2 Å². The molecule has 0 N–H and O–H groups in total. The summed E-state index contributed by atoms with van der Waals surface area (Å²) in [5, 5.41) is 22.1. The molecule has 172 valence electrons. The van der Waals surface area contributed by atoms with Crippen LogP contribution in [-0.2, 0) is 9.47 Å². The van der Waals surface area contributed by atoms with Crippen LogP contribution in [0.4, 0.5) is 11.4 Å². The summed E-state index contributed by atoms with van der Waals surface area (Å²) in [5.74, 6) is 1.17. The van der Waals surface area contributed by atoms with Gasteiger partial charge in [0, 0.05) is 12.1 Å². The molecule has 1 aliphatic rings.